The molecule has 33 heavy (non-hydrogen) atoms. The van der Waals surface area contributed by atoms with E-state index in [0.717, 1.165) is 25.2 Å². The van der Waals surface area contributed by atoms with Gasteiger partial charge < -0.3 is 10.6 Å². The molecule has 2 aromatic rings. The highest BCUT2D eigenvalue weighted by molar-refractivity contribution is 7.92. The predicted octanol–water partition coefficient (Wildman–Crippen LogP) is 4.29. The lowest BCUT2D eigenvalue weighted by Crippen LogP contribution is -2.38. The van der Waals surface area contributed by atoms with Crippen LogP contribution in [-0.4, -0.2) is 39.6 Å². The number of alkyl halides is 3. The lowest BCUT2D eigenvalue weighted by molar-refractivity contribution is -0.137. The van der Waals surface area contributed by atoms with Crippen LogP contribution in [0, 0.1) is 0 Å². The molecule has 2 aromatic carbocycles. The summed E-state index contributed by atoms with van der Waals surface area (Å²) in [4.78, 5) is 25.1. The molecule has 0 heterocycles. The third kappa shape index (κ3) is 7.36. The predicted molar refractivity (Wildman–Crippen MR) is 121 cm³/mol. The number of nitrogens with one attached hydrogen (secondary N) is 2. The standard InChI is InChI=1S/C21H23ClF3N3O4S/c1-3-4-11-26-20(30)15-7-5-6-8-17(15)27-19(29)13-28(33(2,31)32)18-12-14(21(23,24)25)9-10-16(18)22/h5-10,12H,3-4,11,13H2,1-2H3,(H,26,30)(H,27,29). The van der Waals surface area contributed by atoms with E-state index in [9.17, 15) is 31.2 Å². The zero-order valence-corrected chi connectivity index (χ0v) is 19.4. The van der Waals surface area contributed by atoms with Gasteiger partial charge in [0.15, 0.2) is 0 Å². The molecule has 0 aromatic heterocycles. The van der Waals surface area contributed by atoms with Crippen LogP contribution in [0.3, 0.4) is 0 Å². The van der Waals surface area contributed by atoms with Crippen molar-refractivity contribution >= 4 is 44.8 Å². The molecule has 2 amide bonds. The molecule has 0 saturated heterocycles. The molecule has 0 aliphatic rings. The quantitative estimate of drug-likeness (QED) is 0.497. The number of rotatable bonds is 9. The van der Waals surface area contributed by atoms with Crippen LogP contribution in [0.2, 0.25) is 5.02 Å². The normalized spacial score (nSPS) is 11.7. The van der Waals surface area contributed by atoms with E-state index >= 15 is 0 Å². The topological polar surface area (TPSA) is 95.6 Å². The van der Waals surface area contributed by atoms with Crippen molar-refractivity contribution in [2.24, 2.45) is 0 Å². The van der Waals surface area contributed by atoms with E-state index in [0.29, 0.717) is 23.0 Å². The number of halogens is 4. The summed E-state index contributed by atoms with van der Waals surface area (Å²) >= 11 is 5.96. The first-order chi connectivity index (χ1) is 15.3. The summed E-state index contributed by atoms with van der Waals surface area (Å²) in [5.41, 5.74) is -1.33. The Morgan fingerprint density at radius 1 is 1.12 bits per heavy atom. The van der Waals surface area contributed by atoms with E-state index in [1.54, 1.807) is 12.1 Å². The molecule has 180 valence electrons. The van der Waals surface area contributed by atoms with Crippen LogP contribution in [-0.2, 0) is 21.0 Å². The van der Waals surface area contributed by atoms with Gasteiger partial charge in [-0.3, -0.25) is 13.9 Å². The van der Waals surface area contributed by atoms with Gasteiger partial charge >= 0.3 is 6.18 Å². The molecule has 0 spiro atoms. The van der Waals surface area contributed by atoms with Crippen molar-refractivity contribution in [2.45, 2.75) is 25.9 Å². The second-order valence-electron chi connectivity index (χ2n) is 7.14. The Kier molecular flexibility index (Phi) is 8.73. The fourth-order valence-corrected chi connectivity index (χ4v) is 3.98. The van der Waals surface area contributed by atoms with E-state index in [1.807, 2.05) is 6.92 Å². The summed E-state index contributed by atoms with van der Waals surface area (Å²) in [6.07, 6.45) is -2.36. The maximum absolute atomic E-state index is 13.1. The van der Waals surface area contributed by atoms with Gasteiger partial charge in [0.1, 0.15) is 6.54 Å². The molecule has 7 nitrogen and oxygen atoms in total. The molecule has 0 aliphatic heterocycles. The Morgan fingerprint density at radius 3 is 2.39 bits per heavy atom. The van der Waals surface area contributed by atoms with Crippen LogP contribution in [0.15, 0.2) is 42.5 Å². The second-order valence-corrected chi connectivity index (χ2v) is 9.45. The van der Waals surface area contributed by atoms with Crippen LogP contribution in [0.25, 0.3) is 0 Å². The van der Waals surface area contributed by atoms with Gasteiger partial charge in [0, 0.05) is 6.54 Å². The van der Waals surface area contributed by atoms with Crippen molar-refractivity contribution in [3.8, 4) is 0 Å². The van der Waals surface area contributed by atoms with E-state index in [-0.39, 0.29) is 16.3 Å². The minimum atomic E-state index is -4.74. The number of nitrogens with zero attached hydrogens (tertiary/aromatic N) is 1. The smallest absolute Gasteiger partial charge is 0.352 e. The van der Waals surface area contributed by atoms with E-state index < -0.39 is 45.8 Å². The van der Waals surface area contributed by atoms with Gasteiger partial charge in [-0.15, -0.1) is 0 Å². The van der Waals surface area contributed by atoms with Gasteiger partial charge in [0.05, 0.1) is 33.8 Å². The number of carbonyl (C=O) groups is 2. The molecule has 12 heteroatoms. The molecule has 0 bridgehead atoms. The molecule has 0 atom stereocenters. The van der Waals surface area contributed by atoms with Crippen molar-refractivity contribution in [2.75, 3.05) is 29.0 Å². The number of benzene rings is 2. The molecule has 0 radical (unpaired) electrons. The second kappa shape index (κ2) is 10.9. The van der Waals surface area contributed by atoms with E-state index in [4.69, 9.17) is 11.6 Å². The summed E-state index contributed by atoms with van der Waals surface area (Å²) in [5.74, 6) is -1.30. The third-order valence-corrected chi connectivity index (χ3v) is 5.94. The number of sulfonamides is 1. The Balaban J connectivity index is 2.30. The Hall–Kier alpha value is -2.79. The van der Waals surface area contributed by atoms with Crippen molar-refractivity contribution in [3.63, 3.8) is 0 Å². The maximum atomic E-state index is 13.1. The maximum Gasteiger partial charge on any atom is 0.416 e. The van der Waals surface area contributed by atoms with Gasteiger partial charge in [-0.25, -0.2) is 8.42 Å². The van der Waals surface area contributed by atoms with Crippen molar-refractivity contribution in [3.05, 3.63) is 58.6 Å². The van der Waals surface area contributed by atoms with Gasteiger partial charge in [-0.1, -0.05) is 37.1 Å². The summed E-state index contributed by atoms with van der Waals surface area (Å²) in [6, 6.07) is 8.27. The lowest BCUT2D eigenvalue weighted by atomic mass is 10.1. The summed E-state index contributed by atoms with van der Waals surface area (Å²) in [7, 11) is -4.19. The van der Waals surface area contributed by atoms with Crippen molar-refractivity contribution in [1.29, 1.82) is 0 Å². The molecular formula is C21H23ClF3N3O4S. The first-order valence-electron chi connectivity index (χ1n) is 9.86. The van der Waals surface area contributed by atoms with Crippen LogP contribution in [0.1, 0.15) is 35.7 Å². The van der Waals surface area contributed by atoms with E-state index in [2.05, 4.69) is 10.6 Å². The number of carbonyl (C=O) groups excluding carboxylic acids is 2. The van der Waals surface area contributed by atoms with Crippen LogP contribution < -0.4 is 14.9 Å². The van der Waals surface area contributed by atoms with Gasteiger partial charge in [-0.05, 0) is 36.8 Å². The minimum Gasteiger partial charge on any atom is -0.352 e. The van der Waals surface area contributed by atoms with Crippen LogP contribution >= 0.6 is 11.6 Å². The number of hydrogen-bond donors (Lipinski definition) is 2. The molecule has 2 rings (SSSR count). The third-order valence-electron chi connectivity index (χ3n) is 4.49. The molecule has 0 fully saturated rings. The van der Waals surface area contributed by atoms with Gasteiger partial charge in [0.25, 0.3) is 5.91 Å². The Labute approximate surface area is 195 Å². The van der Waals surface area contributed by atoms with Crippen molar-refractivity contribution < 1.29 is 31.2 Å². The number of amides is 2. The summed E-state index contributed by atoms with van der Waals surface area (Å²) in [6.45, 7) is 1.55. The highest BCUT2D eigenvalue weighted by Crippen LogP contribution is 2.36. The first-order valence-corrected chi connectivity index (χ1v) is 12.1. The number of hydrogen-bond acceptors (Lipinski definition) is 4. The minimum absolute atomic E-state index is 0.125. The summed E-state index contributed by atoms with van der Waals surface area (Å²) < 4.78 is 64.4. The monoisotopic (exact) mass is 505 g/mol. The zero-order valence-electron chi connectivity index (χ0n) is 17.9. The first kappa shape index (κ1) is 26.5. The fraction of sp³-hybridized carbons (Fsp3) is 0.333. The number of anilines is 2. The molecule has 2 N–H and O–H groups in total. The molecule has 0 unspecified atom stereocenters. The zero-order chi connectivity index (χ0) is 24.8. The SMILES string of the molecule is CCCCNC(=O)c1ccccc1NC(=O)CN(c1cc(C(F)(F)F)ccc1Cl)S(C)(=O)=O. The van der Waals surface area contributed by atoms with Crippen LogP contribution in [0.4, 0.5) is 24.5 Å². The Morgan fingerprint density at radius 2 is 1.79 bits per heavy atom. The van der Waals surface area contributed by atoms with E-state index in [1.165, 1.54) is 12.1 Å². The van der Waals surface area contributed by atoms with Crippen molar-refractivity contribution in [1.82, 2.24) is 5.32 Å². The number of para-hydroxylation sites is 1. The lowest BCUT2D eigenvalue weighted by Gasteiger charge is -2.24. The molecule has 0 saturated carbocycles. The number of unbranched alkanes of at least 4 members (excludes halogenated alkanes) is 1. The average Bonchev–Trinajstić information content (AvgIpc) is 2.71. The highest BCUT2D eigenvalue weighted by Gasteiger charge is 2.33. The fourth-order valence-electron chi connectivity index (χ4n) is 2.85. The van der Waals surface area contributed by atoms with Gasteiger partial charge in [0.2, 0.25) is 15.9 Å². The molecular weight excluding hydrogens is 483 g/mol. The van der Waals surface area contributed by atoms with Gasteiger partial charge in [-0.2, -0.15) is 13.2 Å². The summed E-state index contributed by atoms with van der Waals surface area (Å²) in [5, 5.41) is 4.88. The highest BCUT2D eigenvalue weighted by atomic mass is 35.5. The molecule has 0 aliphatic carbocycles. The Bertz CT molecular complexity index is 1120. The van der Waals surface area contributed by atoms with Crippen LogP contribution in [0.5, 0.6) is 0 Å². The average molecular weight is 506 g/mol. The largest absolute Gasteiger partial charge is 0.416 e.